The summed E-state index contributed by atoms with van der Waals surface area (Å²) >= 11 is 0. The lowest BCUT2D eigenvalue weighted by Gasteiger charge is -2.21. The van der Waals surface area contributed by atoms with E-state index in [9.17, 15) is 18.4 Å². The molecule has 3 atom stereocenters. The number of anilines is 1. The molecule has 1 saturated carbocycles. The van der Waals surface area contributed by atoms with E-state index in [1.54, 1.807) is 12.3 Å². The fourth-order valence-electron chi connectivity index (χ4n) is 3.40. The molecule has 2 heterocycles. The second-order valence-electron chi connectivity index (χ2n) is 8.10. The summed E-state index contributed by atoms with van der Waals surface area (Å²) in [5, 5.41) is 12.0. The Morgan fingerprint density at radius 2 is 2.13 bits per heavy atom. The second kappa shape index (κ2) is 9.40. The van der Waals surface area contributed by atoms with Gasteiger partial charge in [0.2, 0.25) is 5.91 Å². The molecule has 0 aliphatic heterocycles. The van der Waals surface area contributed by atoms with Crippen LogP contribution in [0.5, 0.6) is 0 Å². The van der Waals surface area contributed by atoms with E-state index in [-0.39, 0.29) is 24.3 Å². The van der Waals surface area contributed by atoms with Crippen LogP contribution in [0.15, 0.2) is 24.4 Å². The molecular weight excluding hydrogens is 408 g/mol. The number of halogens is 2. The Kier molecular flexibility index (Phi) is 6.87. The van der Waals surface area contributed by atoms with Crippen molar-refractivity contribution in [2.45, 2.75) is 70.4 Å². The molecule has 31 heavy (non-hydrogen) atoms. The number of ether oxygens (including phenoxy) is 1. The predicted molar refractivity (Wildman–Crippen MR) is 110 cm³/mol. The van der Waals surface area contributed by atoms with Crippen LogP contribution in [-0.2, 0) is 16.0 Å². The molecular formula is C21H27F2N5O3. The minimum absolute atomic E-state index is 0.0716. The number of carbonyl (C=O) groups excluding carboxylic acids is 2. The number of carbonyl (C=O) groups is 2. The van der Waals surface area contributed by atoms with Crippen LogP contribution in [0, 0.1) is 6.92 Å². The van der Waals surface area contributed by atoms with Gasteiger partial charge in [-0.25, -0.2) is 13.6 Å². The summed E-state index contributed by atoms with van der Waals surface area (Å²) in [4.78, 5) is 28.2. The van der Waals surface area contributed by atoms with Crippen molar-refractivity contribution in [2.75, 3.05) is 5.32 Å². The number of alkyl halides is 2. The topological polar surface area (TPSA) is 109 Å². The molecule has 0 spiro atoms. The predicted octanol–water partition coefficient (Wildman–Crippen LogP) is 3.70. The molecule has 2 aromatic heterocycles. The molecule has 1 aliphatic carbocycles. The Bertz CT molecular complexity index is 910. The zero-order chi connectivity index (χ0) is 22.6. The highest BCUT2D eigenvalue weighted by Gasteiger charge is 2.34. The maximum Gasteiger partial charge on any atom is 0.407 e. The van der Waals surface area contributed by atoms with E-state index in [0.29, 0.717) is 18.7 Å². The first-order chi connectivity index (χ1) is 14.6. The highest BCUT2D eigenvalue weighted by atomic mass is 19.3. The van der Waals surface area contributed by atoms with Crippen molar-refractivity contribution in [2.24, 2.45) is 0 Å². The molecule has 1 aliphatic rings. The number of amides is 2. The van der Waals surface area contributed by atoms with Crippen LogP contribution in [0.1, 0.15) is 56.0 Å². The molecule has 1 fully saturated rings. The Morgan fingerprint density at radius 1 is 1.35 bits per heavy atom. The molecule has 3 rings (SSSR count). The van der Waals surface area contributed by atoms with Crippen molar-refractivity contribution in [3.05, 3.63) is 41.3 Å². The van der Waals surface area contributed by atoms with Crippen LogP contribution >= 0.6 is 0 Å². The molecule has 168 valence electrons. The summed E-state index contributed by atoms with van der Waals surface area (Å²) in [6.45, 7) is 3.86. The van der Waals surface area contributed by atoms with Crippen molar-refractivity contribution in [1.82, 2.24) is 20.5 Å². The van der Waals surface area contributed by atoms with Gasteiger partial charge in [0, 0.05) is 36.5 Å². The smallest absolute Gasteiger partial charge is 0.407 e. The lowest BCUT2D eigenvalue weighted by atomic mass is 10.0. The van der Waals surface area contributed by atoms with Gasteiger partial charge in [-0.15, -0.1) is 0 Å². The van der Waals surface area contributed by atoms with Crippen LogP contribution < -0.4 is 10.6 Å². The van der Waals surface area contributed by atoms with Gasteiger partial charge in [-0.05, 0) is 44.7 Å². The van der Waals surface area contributed by atoms with Gasteiger partial charge >= 0.3 is 6.09 Å². The summed E-state index contributed by atoms with van der Waals surface area (Å²) in [6.07, 6.45) is 2.58. The van der Waals surface area contributed by atoms with E-state index in [2.05, 4.69) is 25.8 Å². The third kappa shape index (κ3) is 6.47. The number of nitrogens with zero attached hydrogens (tertiary/aromatic N) is 2. The van der Waals surface area contributed by atoms with Gasteiger partial charge in [-0.2, -0.15) is 5.10 Å². The van der Waals surface area contributed by atoms with Gasteiger partial charge in [0.05, 0.1) is 12.5 Å². The van der Waals surface area contributed by atoms with E-state index in [1.807, 2.05) is 19.1 Å². The average molecular weight is 435 g/mol. The normalized spacial score (nSPS) is 19.6. The zero-order valence-electron chi connectivity index (χ0n) is 17.7. The lowest BCUT2D eigenvalue weighted by molar-refractivity contribution is -0.115. The first-order valence-electron chi connectivity index (χ1n) is 10.2. The molecule has 0 aromatic carbocycles. The van der Waals surface area contributed by atoms with E-state index in [1.165, 1.54) is 6.92 Å². The van der Waals surface area contributed by atoms with Gasteiger partial charge in [-0.3, -0.25) is 14.9 Å². The summed E-state index contributed by atoms with van der Waals surface area (Å²) < 4.78 is 31.7. The molecule has 1 unspecified atom stereocenters. The number of aryl methyl sites for hydroxylation is 1. The third-order valence-corrected chi connectivity index (χ3v) is 5.40. The van der Waals surface area contributed by atoms with Crippen molar-refractivity contribution >= 4 is 17.8 Å². The second-order valence-corrected chi connectivity index (χ2v) is 8.10. The molecule has 2 amide bonds. The summed E-state index contributed by atoms with van der Waals surface area (Å²) in [5.41, 5.74) is 2.52. The quantitative estimate of drug-likeness (QED) is 0.614. The van der Waals surface area contributed by atoms with E-state index in [0.717, 1.165) is 30.3 Å². The van der Waals surface area contributed by atoms with E-state index >= 15 is 0 Å². The fourth-order valence-corrected chi connectivity index (χ4v) is 3.40. The summed E-state index contributed by atoms with van der Waals surface area (Å²) in [5.74, 6) is -2.73. The van der Waals surface area contributed by atoms with Gasteiger partial charge < -0.3 is 15.4 Å². The number of aromatic amines is 1. The Hall–Kier alpha value is -3.04. The average Bonchev–Trinajstić information content (AvgIpc) is 3.32. The Morgan fingerprint density at radius 3 is 2.81 bits per heavy atom. The monoisotopic (exact) mass is 435 g/mol. The highest BCUT2D eigenvalue weighted by molar-refractivity contribution is 5.91. The van der Waals surface area contributed by atoms with Crippen molar-refractivity contribution < 1.29 is 23.1 Å². The van der Waals surface area contributed by atoms with Crippen LogP contribution in [0.3, 0.4) is 0 Å². The molecule has 0 bridgehead atoms. The number of H-pyrrole nitrogens is 1. The molecule has 0 radical (unpaired) electrons. The molecule has 2 aromatic rings. The van der Waals surface area contributed by atoms with Crippen molar-refractivity contribution in [3.8, 4) is 0 Å². The van der Waals surface area contributed by atoms with Crippen LogP contribution in [-0.4, -0.2) is 45.3 Å². The highest BCUT2D eigenvalue weighted by Crippen LogP contribution is 2.36. The lowest BCUT2D eigenvalue weighted by Crippen LogP contribution is -2.44. The number of hydrogen-bond acceptors (Lipinski definition) is 5. The molecule has 3 N–H and O–H groups in total. The van der Waals surface area contributed by atoms with E-state index < -0.39 is 18.1 Å². The third-order valence-electron chi connectivity index (χ3n) is 5.40. The standard InChI is InChI=1S/C21H27F2N5O3/c1-12-4-5-14(11-24-12)8-19(29)26-18-10-17(27-28-18)15-6-7-16(9-15)31-20(30)25-13(2)21(3,22)23/h4-5,10-11,13,15-16H,6-9H2,1-3H3,(H,25,30)(H2,26,27,28,29)/t13?,15-,16+/m0/s1. The minimum Gasteiger partial charge on any atom is -0.446 e. The Balaban J connectivity index is 1.47. The largest absolute Gasteiger partial charge is 0.446 e. The van der Waals surface area contributed by atoms with Gasteiger partial charge in [0.1, 0.15) is 6.10 Å². The number of hydrogen-bond donors (Lipinski definition) is 3. The van der Waals surface area contributed by atoms with Crippen molar-refractivity contribution in [3.63, 3.8) is 0 Å². The number of rotatable bonds is 7. The number of pyridine rings is 1. The van der Waals surface area contributed by atoms with E-state index in [4.69, 9.17) is 4.74 Å². The molecule has 0 saturated heterocycles. The van der Waals surface area contributed by atoms with Gasteiger partial charge in [-0.1, -0.05) is 6.07 Å². The number of alkyl carbamates (subject to hydrolysis) is 1. The van der Waals surface area contributed by atoms with Crippen molar-refractivity contribution in [1.29, 1.82) is 0 Å². The maximum absolute atomic E-state index is 13.2. The minimum atomic E-state index is -3.02. The molecule has 10 heteroatoms. The first-order valence-corrected chi connectivity index (χ1v) is 10.2. The van der Waals surface area contributed by atoms with Crippen LogP contribution in [0.25, 0.3) is 0 Å². The summed E-state index contributed by atoms with van der Waals surface area (Å²) in [7, 11) is 0. The van der Waals surface area contributed by atoms with Crippen LogP contribution in [0.2, 0.25) is 0 Å². The van der Waals surface area contributed by atoms with Crippen LogP contribution in [0.4, 0.5) is 19.4 Å². The van der Waals surface area contributed by atoms with Gasteiger partial charge in [0.25, 0.3) is 5.92 Å². The van der Waals surface area contributed by atoms with Gasteiger partial charge in [0.15, 0.2) is 5.82 Å². The molecule has 8 nitrogen and oxygen atoms in total. The fraction of sp³-hybridized carbons (Fsp3) is 0.524. The summed E-state index contributed by atoms with van der Waals surface area (Å²) in [6, 6.07) is 4.15. The maximum atomic E-state index is 13.2. The SMILES string of the molecule is Cc1ccc(CC(=O)Nc2cc([C@H]3CC[C@@H](OC(=O)NC(C)C(C)(F)F)C3)[nH]n2)cn1. The number of nitrogens with one attached hydrogen (secondary N) is 3. The zero-order valence-corrected chi connectivity index (χ0v) is 17.7. The first kappa shape index (κ1) is 22.6. The number of aromatic nitrogens is 3. The Labute approximate surface area is 179 Å².